The molecule has 0 radical (unpaired) electrons. The van der Waals surface area contributed by atoms with Crippen LogP contribution in [0.3, 0.4) is 0 Å². The molecule has 0 spiro atoms. The van der Waals surface area contributed by atoms with E-state index in [4.69, 9.17) is 4.74 Å². The van der Waals surface area contributed by atoms with Crippen molar-refractivity contribution in [2.45, 2.75) is 32.5 Å². The van der Waals surface area contributed by atoms with Crippen LogP contribution in [0.5, 0.6) is 0 Å². The molecule has 0 amide bonds. The van der Waals surface area contributed by atoms with E-state index in [1.807, 2.05) is 13.8 Å². The smallest absolute Gasteiger partial charge is 0.161 e. The third kappa shape index (κ3) is 0.757. The van der Waals surface area contributed by atoms with E-state index < -0.39 is 0 Å². The van der Waals surface area contributed by atoms with E-state index in [1.54, 1.807) is 6.92 Å². The standard InChI is InChI=1S/C6H10O2/c1-4(7)5-6(2,3)8-5/h5H,1-3H3. The van der Waals surface area contributed by atoms with Crippen molar-refractivity contribution in [2.24, 2.45) is 0 Å². The summed E-state index contributed by atoms with van der Waals surface area (Å²) in [6.07, 6.45) is -0.123. The Morgan fingerprint density at radius 2 is 2.00 bits per heavy atom. The molecule has 8 heavy (non-hydrogen) atoms. The molecule has 0 aromatic heterocycles. The van der Waals surface area contributed by atoms with Crippen molar-refractivity contribution in [3.8, 4) is 0 Å². The zero-order valence-electron chi connectivity index (χ0n) is 5.39. The Morgan fingerprint density at radius 3 is 2.00 bits per heavy atom. The van der Waals surface area contributed by atoms with Gasteiger partial charge in [-0.25, -0.2) is 0 Å². The summed E-state index contributed by atoms with van der Waals surface area (Å²) in [5.41, 5.74) is -0.161. The summed E-state index contributed by atoms with van der Waals surface area (Å²) >= 11 is 0. The van der Waals surface area contributed by atoms with E-state index in [9.17, 15) is 4.79 Å². The average Bonchev–Trinajstić information content (AvgIpc) is 2.13. The first kappa shape index (κ1) is 5.76. The van der Waals surface area contributed by atoms with Gasteiger partial charge in [0.05, 0.1) is 5.60 Å². The molecular weight excluding hydrogens is 104 g/mol. The highest BCUT2D eigenvalue weighted by atomic mass is 16.6. The van der Waals surface area contributed by atoms with Gasteiger partial charge in [0, 0.05) is 0 Å². The Balaban J connectivity index is 2.48. The summed E-state index contributed by atoms with van der Waals surface area (Å²) < 4.78 is 5.02. The van der Waals surface area contributed by atoms with E-state index in [0.29, 0.717) is 0 Å². The van der Waals surface area contributed by atoms with Crippen LogP contribution in [0.4, 0.5) is 0 Å². The highest BCUT2D eigenvalue weighted by molar-refractivity contribution is 5.84. The second-order valence-electron chi connectivity index (χ2n) is 2.71. The maximum Gasteiger partial charge on any atom is 0.161 e. The zero-order chi connectivity index (χ0) is 6.36. The lowest BCUT2D eigenvalue weighted by molar-refractivity contribution is -0.118. The molecule has 0 aromatic carbocycles. The normalized spacial score (nSPS) is 32.1. The van der Waals surface area contributed by atoms with Crippen LogP contribution in [0.2, 0.25) is 0 Å². The number of Topliss-reactive ketones (excluding diaryl/α,β-unsaturated/α-hetero) is 1. The molecule has 0 aromatic rings. The van der Waals surface area contributed by atoms with Crippen molar-refractivity contribution in [2.75, 3.05) is 0 Å². The van der Waals surface area contributed by atoms with E-state index in [1.165, 1.54) is 0 Å². The molecule has 1 saturated heterocycles. The van der Waals surface area contributed by atoms with Gasteiger partial charge >= 0.3 is 0 Å². The second kappa shape index (κ2) is 1.32. The van der Waals surface area contributed by atoms with Gasteiger partial charge in [0.25, 0.3) is 0 Å². The van der Waals surface area contributed by atoms with Crippen molar-refractivity contribution in [3.05, 3.63) is 0 Å². The Kier molecular flexibility index (Phi) is 0.949. The SMILES string of the molecule is CC(=O)C1OC1(C)C. The summed E-state index contributed by atoms with van der Waals surface area (Å²) in [7, 11) is 0. The Bertz CT molecular complexity index is 126. The maximum atomic E-state index is 10.5. The summed E-state index contributed by atoms with van der Waals surface area (Å²) in [5.74, 6) is 0.134. The predicted octanol–water partition coefficient (Wildman–Crippen LogP) is 0.753. The van der Waals surface area contributed by atoms with E-state index >= 15 is 0 Å². The lowest BCUT2D eigenvalue weighted by Gasteiger charge is -1.87. The third-order valence-electron chi connectivity index (χ3n) is 1.37. The van der Waals surface area contributed by atoms with Crippen molar-refractivity contribution in [1.29, 1.82) is 0 Å². The van der Waals surface area contributed by atoms with Gasteiger partial charge < -0.3 is 4.74 Å². The minimum Gasteiger partial charge on any atom is -0.358 e. The van der Waals surface area contributed by atoms with Gasteiger partial charge in [0.2, 0.25) is 0 Å². The number of hydrogen-bond donors (Lipinski definition) is 0. The lowest BCUT2D eigenvalue weighted by Crippen LogP contribution is -2.10. The van der Waals surface area contributed by atoms with Gasteiger partial charge in [0.1, 0.15) is 6.10 Å². The van der Waals surface area contributed by atoms with E-state index in [2.05, 4.69) is 0 Å². The second-order valence-corrected chi connectivity index (χ2v) is 2.71. The quantitative estimate of drug-likeness (QED) is 0.471. The molecule has 0 bridgehead atoms. The maximum absolute atomic E-state index is 10.5. The summed E-state index contributed by atoms with van der Waals surface area (Å²) in [5, 5.41) is 0. The molecule has 1 aliphatic heterocycles. The molecule has 1 rings (SSSR count). The first-order valence-corrected chi connectivity index (χ1v) is 2.72. The van der Waals surface area contributed by atoms with Crippen molar-refractivity contribution < 1.29 is 9.53 Å². The van der Waals surface area contributed by atoms with Gasteiger partial charge in [-0.3, -0.25) is 4.79 Å². The molecule has 0 N–H and O–H groups in total. The zero-order valence-corrected chi connectivity index (χ0v) is 5.39. The molecular formula is C6H10O2. The Hall–Kier alpha value is -0.370. The molecule has 1 atom stereocenters. The third-order valence-corrected chi connectivity index (χ3v) is 1.37. The molecule has 0 aliphatic carbocycles. The molecule has 1 unspecified atom stereocenters. The molecule has 2 nitrogen and oxygen atoms in total. The highest BCUT2D eigenvalue weighted by Gasteiger charge is 2.50. The van der Waals surface area contributed by atoms with Crippen LogP contribution in [0.1, 0.15) is 20.8 Å². The van der Waals surface area contributed by atoms with Gasteiger partial charge in [0.15, 0.2) is 5.78 Å². The molecule has 1 heterocycles. The van der Waals surface area contributed by atoms with E-state index in [0.717, 1.165) is 0 Å². The fraction of sp³-hybridized carbons (Fsp3) is 0.833. The van der Waals surface area contributed by atoms with Crippen LogP contribution in [0.25, 0.3) is 0 Å². The minimum atomic E-state index is -0.161. The largest absolute Gasteiger partial charge is 0.358 e. The van der Waals surface area contributed by atoms with Gasteiger partial charge in [-0.05, 0) is 20.8 Å². The predicted molar refractivity (Wildman–Crippen MR) is 29.6 cm³/mol. The van der Waals surface area contributed by atoms with Crippen LogP contribution in [0.15, 0.2) is 0 Å². The number of ketones is 1. The molecule has 0 saturated carbocycles. The van der Waals surface area contributed by atoms with Crippen LogP contribution in [0, 0.1) is 0 Å². The monoisotopic (exact) mass is 114 g/mol. The fourth-order valence-electron chi connectivity index (χ4n) is 0.842. The number of carbonyl (C=O) groups is 1. The number of rotatable bonds is 1. The Morgan fingerprint density at radius 1 is 1.62 bits per heavy atom. The van der Waals surface area contributed by atoms with E-state index in [-0.39, 0.29) is 17.5 Å². The number of epoxide rings is 1. The minimum absolute atomic E-state index is 0.123. The van der Waals surface area contributed by atoms with Crippen molar-refractivity contribution in [1.82, 2.24) is 0 Å². The van der Waals surface area contributed by atoms with Crippen molar-refractivity contribution >= 4 is 5.78 Å². The topological polar surface area (TPSA) is 29.6 Å². The fourth-order valence-corrected chi connectivity index (χ4v) is 0.842. The van der Waals surface area contributed by atoms with Crippen LogP contribution in [-0.2, 0) is 9.53 Å². The molecule has 1 aliphatic rings. The number of hydrogen-bond acceptors (Lipinski definition) is 2. The first-order valence-electron chi connectivity index (χ1n) is 2.72. The molecule has 46 valence electrons. The van der Waals surface area contributed by atoms with Crippen LogP contribution < -0.4 is 0 Å². The molecule has 1 fully saturated rings. The molecule has 2 heteroatoms. The van der Waals surface area contributed by atoms with Crippen LogP contribution >= 0.6 is 0 Å². The van der Waals surface area contributed by atoms with Crippen LogP contribution in [-0.4, -0.2) is 17.5 Å². The van der Waals surface area contributed by atoms with Gasteiger partial charge in [-0.1, -0.05) is 0 Å². The Labute approximate surface area is 48.8 Å². The van der Waals surface area contributed by atoms with Gasteiger partial charge in [-0.2, -0.15) is 0 Å². The first-order chi connectivity index (χ1) is 3.54. The van der Waals surface area contributed by atoms with Gasteiger partial charge in [-0.15, -0.1) is 0 Å². The number of carbonyl (C=O) groups excluding carboxylic acids is 1. The summed E-state index contributed by atoms with van der Waals surface area (Å²) in [6.45, 7) is 5.39. The summed E-state index contributed by atoms with van der Waals surface area (Å²) in [6, 6.07) is 0. The highest BCUT2D eigenvalue weighted by Crippen LogP contribution is 2.35. The lowest BCUT2D eigenvalue weighted by atomic mass is 10.1. The van der Waals surface area contributed by atoms with Crippen molar-refractivity contribution in [3.63, 3.8) is 0 Å². The summed E-state index contributed by atoms with van der Waals surface area (Å²) in [4.78, 5) is 10.5. The number of ether oxygens (including phenoxy) is 1. The average molecular weight is 114 g/mol.